The van der Waals surface area contributed by atoms with Gasteiger partial charge in [0.15, 0.2) is 0 Å². The van der Waals surface area contributed by atoms with Gasteiger partial charge in [0.05, 0.1) is 5.92 Å². The zero-order valence-electron chi connectivity index (χ0n) is 14.2. The fraction of sp³-hybridized carbons (Fsp3) is 0.500. The molecule has 128 valence electrons. The minimum Gasteiger partial charge on any atom is -0.425 e. The van der Waals surface area contributed by atoms with Gasteiger partial charge < -0.3 is 10.2 Å². The highest BCUT2D eigenvalue weighted by molar-refractivity contribution is 5.92. The van der Waals surface area contributed by atoms with E-state index < -0.39 is 5.91 Å². The normalized spacial score (nSPS) is 21.8. The highest BCUT2D eigenvalue weighted by atomic mass is 16.4. The first kappa shape index (κ1) is 16.6. The molecule has 2 N–H and O–H groups in total. The van der Waals surface area contributed by atoms with E-state index in [2.05, 4.69) is 22.0 Å². The SMILES string of the molecule is CCc1nnc([C@H]2CCCN(Cc3ccc(C(N)=O)cc3)[C@H]2C)o1. The number of hydrogen-bond donors (Lipinski definition) is 1. The summed E-state index contributed by atoms with van der Waals surface area (Å²) in [6.45, 7) is 6.12. The number of amides is 1. The van der Waals surface area contributed by atoms with E-state index in [9.17, 15) is 4.79 Å². The molecule has 0 unspecified atom stereocenters. The Balaban J connectivity index is 1.70. The lowest BCUT2D eigenvalue weighted by Gasteiger charge is -2.37. The maximum absolute atomic E-state index is 11.2. The van der Waals surface area contributed by atoms with Gasteiger partial charge in [0.25, 0.3) is 0 Å². The summed E-state index contributed by atoms with van der Waals surface area (Å²) in [6.07, 6.45) is 2.95. The van der Waals surface area contributed by atoms with E-state index in [-0.39, 0.29) is 5.92 Å². The lowest BCUT2D eigenvalue weighted by molar-refractivity contribution is 0.1000. The molecular weight excluding hydrogens is 304 g/mol. The molecule has 6 heteroatoms. The number of carbonyl (C=O) groups excluding carboxylic acids is 1. The Hall–Kier alpha value is -2.21. The van der Waals surface area contributed by atoms with Crippen LogP contribution in [0.3, 0.4) is 0 Å². The monoisotopic (exact) mass is 328 g/mol. The minimum absolute atomic E-state index is 0.274. The Morgan fingerprint density at radius 2 is 2.08 bits per heavy atom. The predicted octanol–water partition coefficient (Wildman–Crippen LogP) is 2.50. The van der Waals surface area contributed by atoms with Crippen molar-refractivity contribution in [3.8, 4) is 0 Å². The summed E-state index contributed by atoms with van der Waals surface area (Å²) in [4.78, 5) is 13.6. The Labute approximate surface area is 142 Å². The minimum atomic E-state index is -0.393. The Morgan fingerprint density at radius 3 is 2.71 bits per heavy atom. The molecule has 1 aliphatic rings. The molecule has 2 heterocycles. The van der Waals surface area contributed by atoms with Gasteiger partial charge in [0.2, 0.25) is 17.7 Å². The molecule has 1 saturated heterocycles. The van der Waals surface area contributed by atoms with Crippen molar-refractivity contribution in [1.29, 1.82) is 0 Å². The summed E-state index contributed by atoms with van der Waals surface area (Å²) in [5.74, 6) is 1.34. The average Bonchev–Trinajstić information content (AvgIpc) is 3.06. The molecule has 0 aliphatic carbocycles. The molecule has 1 aromatic heterocycles. The number of carbonyl (C=O) groups is 1. The third kappa shape index (κ3) is 3.48. The van der Waals surface area contributed by atoms with Crippen LogP contribution < -0.4 is 5.73 Å². The number of rotatable bonds is 5. The fourth-order valence-electron chi connectivity index (χ4n) is 3.33. The predicted molar refractivity (Wildman–Crippen MR) is 90.5 cm³/mol. The van der Waals surface area contributed by atoms with E-state index in [1.807, 2.05) is 19.1 Å². The van der Waals surface area contributed by atoms with Crippen LogP contribution in [0.1, 0.15) is 60.3 Å². The maximum Gasteiger partial charge on any atom is 0.248 e. The maximum atomic E-state index is 11.2. The van der Waals surface area contributed by atoms with Gasteiger partial charge in [0, 0.05) is 24.6 Å². The van der Waals surface area contributed by atoms with Crippen molar-refractivity contribution in [1.82, 2.24) is 15.1 Å². The van der Waals surface area contributed by atoms with E-state index in [4.69, 9.17) is 10.2 Å². The number of nitrogens with zero attached hydrogens (tertiary/aromatic N) is 3. The molecule has 1 fully saturated rings. The second kappa shape index (κ2) is 7.13. The lowest BCUT2D eigenvalue weighted by atomic mass is 9.89. The van der Waals surface area contributed by atoms with Crippen LogP contribution in [0.4, 0.5) is 0 Å². The summed E-state index contributed by atoms with van der Waals surface area (Å²) < 4.78 is 5.78. The second-order valence-corrected chi connectivity index (χ2v) is 6.41. The topological polar surface area (TPSA) is 85.3 Å². The molecule has 0 bridgehead atoms. The van der Waals surface area contributed by atoms with Gasteiger partial charge in [0.1, 0.15) is 0 Å². The number of aryl methyl sites for hydroxylation is 1. The largest absolute Gasteiger partial charge is 0.425 e. The first-order valence-corrected chi connectivity index (χ1v) is 8.53. The van der Waals surface area contributed by atoms with Crippen molar-refractivity contribution in [2.45, 2.75) is 51.6 Å². The Kier molecular flexibility index (Phi) is 4.94. The van der Waals surface area contributed by atoms with E-state index in [1.54, 1.807) is 12.1 Å². The first-order valence-electron chi connectivity index (χ1n) is 8.53. The summed E-state index contributed by atoms with van der Waals surface area (Å²) in [6, 6.07) is 7.85. The third-order valence-corrected chi connectivity index (χ3v) is 4.84. The average molecular weight is 328 g/mol. The number of nitrogens with two attached hydrogens (primary N) is 1. The van der Waals surface area contributed by atoms with Crippen molar-refractivity contribution in [3.63, 3.8) is 0 Å². The summed E-state index contributed by atoms with van der Waals surface area (Å²) in [5.41, 5.74) is 7.01. The van der Waals surface area contributed by atoms with Crippen LogP contribution in [0.15, 0.2) is 28.7 Å². The summed E-state index contributed by atoms with van der Waals surface area (Å²) >= 11 is 0. The van der Waals surface area contributed by atoms with Crippen molar-refractivity contribution in [3.05, 3.63) is 47.2 Å². The molecule has 0 saturated carbocycles. The number of primary amides is 1. The Morgan fingerprint density at radius 1 is 1.33 bits per heavy atom. The highest BCUT2D eigenvalue weighted by Gasteiger charge is 2.32. The van der Waals surface area contributed by atoms with Crippen LogP contribution in [-0.4, -0.2) is 33.6 Å². The van der Waals surface area contributed by atoms with Gasteiger partial charge in [-0.05, 0) is 44.0 Å². The molecule has 6 nitrogen and oxygen atoms in total. The number of piperidine rings is 1. The van der Waals surface area contributed by atoms with E-state index >= 15 is 0 Å². The van der Waals surface area contributed by atoms with Gasteiger partial charge in [-0.3, -0.25) is 9.69 Å². The Bertz CT molecular complexity index is 695. The molecule has 3 rings (SSSR count). The molecule has 1 aliphatic heterocycles. The molecular formula is C18H24N4O2. The smallest absolute Gasteiger partial charge is 0.248 e. The molecule has 1 amide bonds. The van der Waals surface area contributed by atoms with Crippen molar-refractivity contribution in [2.24, 2.45) is 5.73 Å². The number of likely N-dealkylation sites (tertiary alicyclic amines) is 1. The van der Waals surface area contributed by atoms with E-state index in [0.717, 1.165) is 38.2 Å². The zero-order chi connectivity index (χ0) is 17.1. The quantitative estimate of drug-likeness (QED) is 0.911. The van der Waals surface area contributed by atoms with Gasteiger partial charge in [-0.15, -0.1) is 10.2 Å². The standard InChI is InChI=1S/C18H24N4O2/c1-3-16-20-21-18(24-16)15-5-4-10-22(12(15)2)11-13-6-8-14(9-7-13)17(19)23/h6-9,12,15H,3-5,10-11H2,1-2H3,(H2,19,23)/t12-,15-/m0/s1. The van der Waals surface area contributed by atoms with Crippen LogP contribution in [0.25, 0.3) is 0 Å². The van der Waals surface area contributed by atoms with Crippen LogP contribution >= 0.6 is 0 Å². The molecule has 24 heavy (non-hydrogen) atoms. The van der Waals surface area contributed by atoms with E-state index in [1.165, 1.54) is 5.56 Å². The van der Waals surface area contributed by atoms with Crippen molar-refractivity contribution < 1.29 is 9.21 Å². The van der Waals surface area contributed by atoms with Crippen LogP contribution in [0, 0.1) is 0 Å². The fourth-order valence-corrected chi connectivity index (χ4v) is 3.33. The molecule has 1 aromatic carbocycles. The van der Waals surface area contributed by atoms with Crippen LogP contribution in [0.2, 0.25) is 0 Å². The second-order valence-electron chi connectivity index (χ2n) is 6.41. The molecule has 0 spiro atoms. The van der Waals surface area contributed by atoms with Crippen LogP contribution in [0.5, 0.6) is 0 Å². The zero-order valence-corrected chi connectivity index (χ0v) is 14.2. The summed E-state index contributed by atoms with van der Waals surface area (Å²) in [5, 5.41) is 8.34. The highest BCUT2D eigenvalue weighted by Crippen LogP contribution is 2.32. The number of aromatic nitrogens is 2. The summed E-state index contributed by atoms with van der Waals surface area (Å²) in [7, 11) is 0. The van der Waals surface area contributed by atoms with Crippen molar-refractivity contribution in [2.75, 3.05) is 6.54 Å². The lowest BCUT2D eigenvalue weighted by Crippen LogP contribution is -2.41. The van der Waals surface area contributed by atoms with Gasteiger partial charge in [-0.2, -0.15) is 0 Å². The number of hydrogen-bond acceptors (Lipinski definition) is 5. The molecule has 0 radical (unpaired) electrons. The molecule has 2 atom stereocenters. The third-order valence-electron chi connectivity index (χ3n) is 4.84. The van der Waals surface area contributed by atoms with Gasteiger partial charge >= 0.3 is 0 Å². The van der Waals surface area contributed by atoms with Gasteiger partial charge in [-0.1, -0.05) is 19.1 Å². The van der Waals surface area contributed by atoms with Crippen molar-refractivity contribution >= 4 is 5.91 Å². The van der Waals surface area contributed by atoms with Gasteiger partial charge in [-0.25, -0.2) is 0 Å². The van der Waals surface area contributed by atoms with Crippen LogP contribution in [-0.2, 0) is 13.0 Å². The number of benzene rings is 1. The first-order chi connectivity index (χ1) is 11.6. The van der Waals surface area contributed by atoms with E-state index in [0.29, 0.717) is 17.5 Å². The molecule has 2 aromatic rings.